The van der Waals surface area contributed by atoms with Gasteiger partial charge in [-0.05, 0) is 31.9 Å². The van der Waals surface area contributed by atoms with Crippen molar-refractivity contribution in [3.63, 3.8) is 0 Å². The van der Waals surface area contributed by atoms with Crippen molar-refractivity contribution in [1.82, 2.24) is 9.97 Å². The van der Waals surface area contributed by atoms with Crippen molar-refractivity contribution >= 4 is 16.7 Å². The summed E-state index contributed by atoms with van der Waals surface area (Å²) in [4.78, 5) is 11.5. The number of fused-ring (bicyclic) bond motifs is 1. The number of benzene rings is 1. The second-order valence-electron chi connectivity index (χ2n) is 4.84. The lowest BCUT2D eigenvalue weighted by Crippen LogP contribution is -2.36. The molecule has 4 nitrogen and oxygen atoms in total. The molecular formula is C14H18N4. The van der Waals surface area contributed by atoms with Gasteiger partial charge in [0.2, 0.25) is 0 Å². The standard InChI is InChI=1S/C14H18N4/c1-10-16-13-7-3-2-6-12(13)14(17-10)18-8-4-5-11(18)9-15/h2-3,6-7,11H,4-5,8-9,15H2,1H3/t11-/m0/s1. The van der Waals surface area contributed by atoms with Gasteiger partial charge in [-0.15, -0.1) is 0 Å². The number of hydrogen-bond donors (Lipinski definition) is 1. The maximum Gasteiger partial charge on any atom is 0.140 e. The molecule has 18 heavy (non-hydrogen) atoms. The maximum absolute atomic E-state index is 5.86. The molecule has 0 spiro atoms. The molecule has 1 aromatic heterocycles. The van der Waals surface area contributed by atoms with Gasteiger partial charge in [-0.1, -0.05) is 12.1 Å². The molecule has 4 heteroatoms. The Morgan fingerprint density at radius 3 is 3.00 bits per heavy atom. The third-order valence-corrected chi connectivity index (χ3v) is 3.62. The Kier molecular flexibility index (Phi) is 2.88. The lowest BCUT2D eigenvalue weighted by Gasteiger charge is -2.25. The molecule has 0 radical (unpaired) electrons. The molecule has 0 saturated carbocycles. The maximum atomic E-state index is 5.86. The number of para-hydroxylation sites is 1. The van der Waals surface area contributed by atoms with Crippen LogP contribution in [0.1, 0.15) is 18.7 Å². The van der Waals surface area contributed by atoms with Crippen molar-refractivity contribution in [2.24, 2.45) is 5.73 Å². The van der Waals surface area contributed by atoms with E-state index < -0.39 is 0 Å². The zero-order valence-corrected chi connectivity index (χ0v) is 10.6. The van der Waals surface area contributed by atoms with Gasteiger partial charge in [-0.2, -0.15) is 0 Å². The molecule has 2 aromatic rings. The summed E-state index contributed by atoms with van der Waals surface area (Å²) in [5, 5.41) is 1.13. The summed E-state index contributed by atoms with van der Waals surface area (Å²) in [5.41, 5.74) is 6.87. The van der Waals surface area contributed by atoms with Crippen molar-refractivity contribution in [3.05, 3.63) is 30.1 Å². The number of nitrogens with zero attached hydrogens (tertiary/aromatic N) is 3. The van der Waals surface area contributed by atoms with Crippen LogP contribution in [0.2, 0.25) is 0 Å². The van der Waals surface area contributed by atoms with Gasteiger partial charge in [0.05, 0.1) is 5.52 Å². The molecule has 0 aliphatic carbocycles. The highest BCUT2D eigenvalue weighted by Crippen LogP contribution is 2.29. The Hall–Kier alpha value is -1.68. The number of nitrogens with two attached hydrogens (primary N) is 1. The van der Waals surface area contributed by atoms with E-state index in [4.69, 9.17) is 5.73 Å². The van der Waals surface area contributed by atoms with Gasteiger partial charge >= 0.3 is 0 Å². The Bertz CT molecular complexity index is 567. The highest BCUT2D eigenvalue weighted by molar-refractivity contribution is 5.89. The minimum atomic E-state index is 0.419. The predicted molar refractivity (Wildman–Crippen MR) is 73.7 cm³/mol. The molecule has 0 unspecified atom stereocenters. The highest BCUT2D eigenvalue weighted by atomic mass is 15.2. The highest BCUT2D eigenvalue weighted by Gasteiger charge is 2.26. The summed E-state index contributed by atoms with van der Waals surface area (Å²) in [6.45, 7) is 3.68. The van der Waals surface area contributed by atoms with Crippen molar-refractivity contribution in [2.45, 2.75) is 25.8 Å². The first-order valence-corrected chi connectivity index (χ1v) is 6.49. The Morgan fingerprint density at radius 1 is 1.33 bits per heavy atom. The fourth-order valence-electron chi connectivity index (χ4n) is 2.75. The molecule has 1 aromatic carbocycles. The summed E-state index contributed by atoms with van der Waals surface area (Å²) in [7, 11) is 0. The van der Waals surface area contributed by atoms with Crippen LogP contribution < -0.4 is 10.6 Å². The zero-order chi connectivity index (χ0) is 12.5. The monoisotopic (exact) mass is 242 g/mol. The molecule has 1 atom stereocenters. The van der Waals surface area contributed by atoms with Crippen LogP contribution >= 0.6 is 0 Å². The summed E-state index contributed by atoms with van der Waals surface area (Å²) < 4.78 is 0. The van der Waals surface area contributed by atoms with E-state index in [0.29, 0.717) is 12.6 Å². The molecule has 0 bridgehead atoms. The van der Waals surface area contributed by atoms with Gasteiger partial charge in [0.1, 0.15) is 11.6 Å². The van der Waals surface area contributed by atoms with Crippen LogP contribution in [0, 0.1) is 6.92 Å². The quantitative estimate of drug-likeness (QED) is 0.873. The lowest BCUT2D eigenvalue weighted by atomic mass is 10.2. The Balaban J connectivity index is 2.15. The average molecular weight is 242 g/mol. The van der Waals surface area contributed by atoms with Crippen LogP contribution in [0.4, 0.5) is 5.82 Å². The van der Waals surface area contributed by atoms with Crippen LogP contribution in [0.15, 0.2) is 24.3 Å². The molecule has 2 N–H and O–H groups in total. The summed E-state index contributed by atoms with van der Waals surface area (Å²) in [5.74, 6) is 1.87. The van der Waals surface area contributed by atoms with Crippen molar-refractivity contribution in [3.8, 4) is 0 Å². The predicted octanol–water partition coefficient (Wildman–Crippen LogP) is 1.87. The van der Waals surface area contributed by atoms with Crippen LogP contribution in [-0.2, 0) is 0 Å². The number of aromatic nitrogens is 2. The second-order valence-corrected chi connectivity index (χ2v) is 4.84. The van der Waals surface area contributed by atoms with E-state index in [2.05, 4.69) is 20.9 Å². The second kappa shape index (κ2) is 4.53. The topological polar surface area (TPSA) is 55.0 Å². The van der Waals surface area contributed by atoms with Crippen molar-refractivity contribution in [2.75, 3.05) is 18.0 Å². The van der Waals surface area contributed by atoms with E-state index in [1.807, 2.05) is 25.1 Å². The average Bonchev–Trinajstić information content (AvgIpc) is 2.85. The van der Waals surface area contributed by atoms with Crippen LogP contribution in [0.5, 0.6) is 0 Å². The minimum absolute atomic E-state index is 0.419. The first-order valence-electron chi connectivity index (χ1n) is 6.49. The lowest BCUT2D eigenvalue weighted by molar-refractivity contribution is 0.672. The molecule has 1 aliphatic heterocycles. The van der Waals surface area contributed by atoms with E-state index in [1.54, 1.807) is 0 Å². The van der Waals surface area contributed by atoms with E-state index in [0.717, 1.165) is 35.5 Å². The largest absolute Gasteiger partial charge is 0.352 e. The van der Waals surface area contributed by atoms with Gasteiger partial charge in [0.25, 0.3) is 0 Å². The van der Waals surface area contributed by atoms with Gasteiger partial charge in [-0.3, -0.25) is 0 Å². The van der Waals surface area contributed by atoms with Crippen LogP contribution in [-0.4, -0.2) is 29.1 Å². The van der Waals surface area contributed by atoms with Crippen LogP contribution in [0.25, 0.3) is 10.9 Å². The van der Waals surface area contributed by atoms with E-state index in [1.165, 1.54) is 6.42 Å². The molecular weight excluding hydrogens is 224 g/mol. The third-order valence-electron chi connectivity index (χ3n) is 3.62. The van der Waals surface area contributed by atoms with Gasteiger partial charge in [-0.25, -0.2) is 9.97 Å². The molecule has 1 aliphatic rings. The van der Waals surface area contributed by atoms with Crippen molar-refractivity contribution < 1.29 is 0 Å². The molecule has 2 heterocycles. The van der Waals surface area contributed by atoms with Gasteiger partial charge < -0.3 is 10.6 Å². The molecule has 3 rings (SSSR count). The van der Waals surface area contributed by atoms with E-state index in [9.17, 15) is 0 Å². The first-order chi connectivity index (χ1) is 8.79. The van der Waals surface area contributed by atoms with Gasteiger partial charge in [0.15, 0.2) is 0 Å². The molecule has 1 fully saturated rings. The fourth-order valence-corrected chi connectivity index (χ4v) is 2.75. The fraction of sp³-hybridized carbons (Fsp3) is 0.429. The minimum Gasteiger partial charge on any atom is -0.352 e. The number of rotatable bonds is 2. The first kappa shape index (κ1) is 11.4. The van der Waals surface area contributed by atoms with E-state index >= 15 is 0 Å². The molecule has 1 saturated heterocycles. The normalized spacial score (nSPS) is 19.7. The Morgan fingerprint density at radius 2 is 2.17 bits per heavy atom. The third kappa shape index (κ3) is 1.82. The Labute approximate surface area is 107 Å². The smallest absolute Gasteiger partial charge is 0.140 e. The summed E-state index contributed by atoms with van der Waals surface area (Å²) in [6, 6.07) is 8.61. The number of hydrogen-bond acceptors (Lipinski definition) is 4. The SMILES string of the molecule is Cc1nc(N2CCC[C@H]2CN)c2ccccc2n1. The summed E-state index contributed by atoms with van der Waals surface area (Å²) in [6.07, 6.45) is 2.35. The number of anilines is 1. The summed E-state index contributed by atoms with van der Waals surface area (Å²) >= 11 is 0. The molecule has 94 valence electrons. The zero-order valence-electron chi connectivity index (χ0n) is 10.6. The van der Waals surface area contributed by atoms with Crippen LogP contribution in [0.3, 0.4) is 0 Å². The van der Waals surface area contributed by atoms with Gasteiger partial charge in [0, 0.05) is 24.5 Å². The molecule has 0 amide bonds. The number of aryl methyl sites for hydroxylation is 1. The van der Waals surface area contributed by atoms with E-state index in [-0.39, 0.29) is 0 Å². The van der Waals surface area contributed by atoms with Crippen molar-refractivity contribution in [1.29, 1.82) is 0 Å².